The first-order valence-electron chi connectivity index (χ1n) is 4.62. The van der Waals surface area contributed by atoms with Gasteiger partial charge in [0.05, 0.1) is 0 Å². The molecule has 3 heteroatoms. The van der Waals surface area contributed by atoms with Gasteiger partial charge in [-0.25, -0.2) is 0 Å². The van der Waals surface area contributed by atoms with Gasteiger partial charge in [0.15, 0.2) is 0 Å². The number of hydrogen-bond acceptors (Lipinski definition) is 2. The summed E-state index contributed by atoms with van der Waals surface area (Å²) in [6.07, 6.45) is 0. The Morgan fingerprint density at radius 3 is 2.79 bits per heavy atom. The SMILES string of the molecule is [Li][c]1cc(C)c2cc(OC)ccc2n1. The predicted octanol–water partition coefficient (Wildman–Crippen LogP) is 1.35. The molecule has 0 fully saturated rings. The molecule has 14 heavy (non-hydrogen) atoms. The molecule has 0 atom stereocenters. The van der Waals surface area contributed by atoms with Gasteiger partial charge in [-0.2, -0.15) is 0 Å². The van der Waals surface area contributed by atoms with E-state index < -0.39 is 0 Å². The van der Waals surface area contributed by atoms with E-state index in [0.29, 0.717) is 0 Å². The number of rotatable bonds is 1. The van der Waals surface area contributed by atoms with Crippen molar-refractivity contribution in [3.05, 3.63) is 29.8 Å². The van der Waals surface area contributed by atoms with E-state index >= 15 is 0 Å². The summed E-state index contributed by atoms with van der Waals surface area (Å²) in [7, 11) is 1.68. The molecule has 0 unspecified atom stereocenters. The van der Waals surface area contributed by atoms with E-state index in [-0.39, 0.29) is 0 Å². The van der Waals surface area contributed by atoms with Crippen LogP contribution in [0, 0.1) is 6.92 Å². The van der Waals surface area contributed by atoms with Gasteiger partial charge in [0.1, 0.15) is 0 Å². The van der Waals surface area contributed by atoms with Crippen LogP contribution < -0.4 is 9.10 Å². The Kier molecular flexibility index (Phi) is 2.49. The molecule has 0 aliphatic carbocycles. The Morgan fingerprint density at radius 1 is 1.29 bits per heavy atom. The van der Waals surface area contributed by atoms with Crippen molar-refractivity contribution in [1.82, 2.24) is 4.98 Å². The molecule has 2 rings (SSSR count). The Bertz CT molecular complexity index is 482. The summed E-state index contributed by atoms with van der Waals surface area (Å²) in [5, 5.41) is 1.16. The van der Waals surface area contributed by atoms with Gasteiger partial charge in [0.25, 0.3) is 0 Å². The van der Waals surface area contributed by atoms with Crippen LogP contribution in [0.3, 0.4) is 0 Å². The van der Waals surface area contributed by atoms with Crippen LogP contribution in [-0.4, -0.2) is 29.8 Å². The third kappa shape index (κ3) is 1.64. The fourth-order valence-corrected chi connectivity index (χ4v) is 1.67. The molecule has 1 heterocycles. The molecule has 0 N–H and O–H groups in total. The van der Waals surface area contributed by atoms with E-state index in [1.807, 2.05) is 35.9 Å². The maximum atomic E-state index is 5.18. The number of aryl methyl sites for hydroxylation is 1. The van der Waals surface area contributed by atoms with Crippen LogP contribution in [0.15, 0.2) is 24.3 Å². The van der Waals surface area contributed by atoms with Gasteiger partial charge in [-0.3, -0.25) is 0 Å². The monoisotopic (exact) mass is 179 g/mol. The second-order valence-corrected chi connectivity index (χ2v) is 3.46. The van der Waals surface area contributed by atoms with Gasteiger partial charge >= 0.3 is 92.3 Å². The van der Waals surface area contributed by atoms with Gasteiger partial charge in [0.2, 0.25) is 0 Å². The summed E-state index contributed by atoms with van der Waals surface area (Å²) in [5.74, 6) is 0.881. The van der Waals surface area contributed by atoms with Crippen LogP contribution in [0.5, 0.6) is 5.75 Å². The average molecular weight is 179 g/mol. The quantitative estimate of drug-likeness (QED) is 0.616. The number of methoxy groups -OCH3 is 1. The number of ether oxygens (including phenoxy) is 1. The molecular weight excluding hydrogens is 169 g/mol. The van der Waals surface area contributed by atoms with Crippen LogP contribution >= 0.6 is 0 Å². The van der Waals surface area contributed by atoms with Crippen LogP contribution in [0.2, 0.25) is 0 Å². The zero-order chi connectivity index (χ0) is 10.1. The van der Waals surface area contributed by atoms with Crippen LogP contribution in [-0.2, 0) is 0 Å². The summed E-state index contributed by atoms with van der Waals surface area (Å²) in [5.41, 5.74) is 2.27. The first-order chi connectivity index (χ1) is 6.70. The second kappa shape index (κ2) is 3.65. The Labute approximate surface area is 92.5 Å². The van der Waals surface area contributed by atoms with Crippen molar-refractivity contribution >= 4 is 33.0 Å². The third-order valence-electron chi connectivity index (χ3n) is 2.35. The van der Waals surface area contributed by atoms with E-state index in [2.05, 4.69) is 18.0 Å². The van der Waals surface area contributed by atoms with E-state index in [1.54, 1.807) is 7.11 Å². The molecule has 2 aromatic rings. The van der Waals surface area contributed by atoms with Crippen molar-refractivity contribution in [3.63, 3.8) is 0 Å². The Balaban J connectivity index is 2.75. The van der Waals surface area contributed by atoms with Crippen LogP contribution in [0.25, 0.3) is 10.9 Å². The molecule has 0 radical (unpaired) electrons. The summed E-state index contributed by atoms with van der Waals surface area (Å²) >= 11 is 2.01. The maximum absolute atomic E-state index is 5.18. The first-order valence-corrected chi connectivity index (χ1v) is 4.62. The van der Waals surface area contributed by atoms with E-state index in [0.717, 1.165) is 21.0 Å². The van der Waals surface area contributed by atoms with Crippen molar-refractivity contribution in [2.45, 2.75) is 6.92 Å². The summed E-state index contributed by atoms with van der Waals surface area (Å²) in [6.45, 7) is 2.09. The van der Waals surface area contributed by atoms with Crippen molar-refractivity contribution in [1.29, 1.82) is 0 Å². The molecule has 0 saturated heterocycles. The van der Waals surface area contributed by atoms with Gasteiger partial charge in [0, 0.05) is 0 Å². The minimum atomic E-state index is 0.881. The summed E-state index contributed by atoms with van der Waals surface area (Å²) < 4.78 is 6.24. The third-order valence-corrected chi connectivity index (χ3v) is 2.35. The van der Waals surface area contributed by atoms with Crippen LogP contribution in [0.1, 0.15) is 5.56 Å². The van der Waals surface area contributed by atoms with Crippen molar-refractivity contribution in [2.75, 3.05) is 7.11 Å². The molecule has 0 aliphatic heterocycles. The van der Waals surface area contributed by atoms with Gasteiger partial charge < -0.3 is 0 Å². The zero-order valence-corrected chi connectivity index (χ0v) is 8.66. The summed E-state index contributed by atoms with van der Waals surface area (Å²) in [4.78, 5) is 4.46. The molecule has 1 aromatic carbocycles. The number of benzene rings is 1. The van der Waals surface area contributed by atoms with E-state index in [1.165, 1.54) is 5.56 Å². The Morgan fingerprint density at radius 2 is 2.07 bits per heavy atom. The average Bonchev–Trinajstić information content (AvgIpc) is 2.17. The molecule has 0 aliphatic rings. The Hall–Kier alpha value is -0.973. The first kappa shape index (κ1) is 9.58. The van der Waals surface area contributed by atoms with E-state index in [4.69, 9.17) is 4.74 Å². The van der Waals surface area contributed by atoms with Crippen molar-refractivity contribution < 1.29 is 4.74 Å². The van der Waals surface area contributed by atoms with Crippen LogP contribution in [0.4, 0.5) is 0 Å². The van der Waals surface area contributed by atoms with Crippen molar-refractivity contribution in [3.8, 4) is 5.75 Å². The number of nitrogens with zero attached hydrogens (tertiary/aromatic N) is 1. The molecule has 1 aromatic heterocycles. The minimum absolute atomic E-state index is 0.881. The molecule has 0 bridgehead atoms. The summed E-state index contributed by atoms with van der Waals surface area (Å²) in [6, 6.07) is 8.04. The molecule has 66 valence electrons. The van der Waals surface area contributed by atoms with Gasteiger partial charge in [-0.15, -0.1) is 0 Å². The molecule has 0 spiro atoms. The predicted molar refractivity (Wildman–Crippen MR) is 58.4 cm³/mol. The number of hydrogen-bond donors (Lipinski definition) is 0. The normalized spacial score (nSPS) is 10.6. The van der Waals surface area contributed by atoms with E-state index in [9.17, 15) is 0 Å². The van der Waals surface area contributed by atoms with Crippen molar-refractivity contribution in [2.24, 2.45) is 0 Å². The molecule has 2 nitrogen and oxygen atoms in total. The number of fused-ring (bicyclic) bond motifs is 1. The standard InChI is InChI=1S/C11H10NO.Li/c1-8-5-6-12-11-4-3-9(13-2)7-10(8)11;/h3-5,7H,1-2H3;. The van der Waals surface area contributed by atoms with Gasteiger partial charge in [-0.1, -0.05) is 0 Å². The number of pyridine rings is 1. The fraction of sp³-hybridized carbons (Fsp3) is 0.182. The van der Waals surface area contributed by atoms with Gasteiger partial charge in [-0.05, 0) is 0 Å². The molecule has 0 amide bonds. The molecular formula is C11H10LiNO. The topological polar surface area (TPSA) is 22.1 Å². The molecule has 0 saturated carbocycles. The number of aromatic nitrogens is 1. The fourth-order valence-electron chi connectivity index (χ4n) is 1.67. The zero-order valence-electron chi connectivity index (χ0n) is 8.66. The second-order valence-electron chi connectivity index (χ2n) is 3.46.